The molecule has 8 heteroatoms. The Morgan fingerprint density at radius 2 is 1.82 bits per heavy atom. The van der Waals surface area contributed by atoms with Crippen molar-refractivity contribution in [1.82, 2.24) is 4.90 Å². The van der Waals surface area contributed by atoms with Gasteiger partial charge in [0.15, 0.2) is 6.61 Å². The number of nitrogens with one attached hydrogen (secondary N) is 1. The Balaban J connectivity index is 1.39. The van der Waals surface area contributed by atoms with E-state index in [-0.39, 0.29) is 30.2 Å². The molecule has 0 saturated carbocycles. The van der Waals surface area contributed by atoms with Crippen LogP contribution in [0.1, 0.15) is 16.7 Å². The SMILES string of the molecule is Cc1ccc(NC(=O)COc2cccc(/C=C3\SC(=O)N(Cc4ccccc4Cl)C3=O)c2)cc1. The highest BCUT2D eigenvalue weighted by molar-refractivity contribution is 8.18. The van der Waals surface area contributed by atoms with Crippen LogP contribution in [-0.2, 0) is 16.1 Å². The number of benzene rings is 3. The van der Waals surface area contributed by atoms with Crippen molar-refractivity contribution in [3.8, 4) is 5.75 Å². The minimum absolute atomic E-state index is 0.112. The van der Waals surface area contributed by atoms with E-state index in [2.05, 4.69) is 5.32 Å². The van der Waals surface area contributed by atoms with Gasteiger partial charge in [-0.3, -0.25) is 19.3 Å². The van der Waals surface area contributed by atoms with Gasteiger partial charge in [-0.2, -0.15) is 0 Å². The van der Waals surface area contributed by atoms with Gasteiger partial charge in [-0.05, 0) is 66.2 Å². The summed E-state index contributed by atoms with van der Waals surface area (Å²) in [5, 5.41) is 2.93. The van der Waals surface area contributed by atoms with Crippen molar-refractivity contribution in [3.05, 3.63) is 99.4 Å². The van der Waals surface area contributed by atoms with Gasteiger partial charge in [-0.1, -0.05) is 59.6 Å². The van der Waals surface area contributed by atoms with E-state index in [1.54, 1.807) is 48.5 Å². The van der Waals surface area contributed by atoms with E-state index in [9.17, 15) is 14.4 Å². The van der Waals surface area contributed by atoms with Crippen molar-refractivity contribution in [1.29, 1.82) is 0 Å². The third kappa shape index (κ3) is 5.87. The Labute approximate surface area is 206 Å². The number of anilines is 1. The lowest BCUT2D eigenvalue weighted by molar-refractivity contribution is -0.123. The van der Waals surface area contributed by atoms with Gasteiger partial charge in [0.2, 0.25) is 0 Å². The Morgan fingerprint density at radius 3 is 2.59 bits per heavy atom. The Hall–Kier alpha value is -3.55. The van der Waals surface area contributed by atoms with Crippen molar-refractivity contribution < 1.29 is 19.1 Å². The fourth-order valence-corrected chi connectivity index (χ4v) is 4.30. The number of amides is 3. The molecule has 4 rings (SSSR count). The topological polar surface area (TPSA) is 75.7 Å². The molecular formula is C26H21ClN2O4S. The van der Waals surface area contributed by atoms with Gasteiger partial charge in [-0.25, -0.2) is 0 Å². The molecule has 1 saturated heterocycles. The summed E-state index contributed by atoms with van der Waals surface area (Å²) in [6.07, 6.45) is 1.64. The van der Waals surface area contributed by atoms with Crippen molar-refractivity contribution >= 4 is 52.2 Å². The Kier molecular flexibility index (Phi) is 7.35. The second-order valence-electron chi connectivity index (χ2n) is 7.63. The first-order chi connectivity index (χ1) is 16.4. The summed E-state index contributed by atoms with van der Waals surface area (Å²) in [6.45, 7) is 1.92. The second-order valence-corrected chi connectivity index (χ2v) is 9.04. The van der Waals surface area contributed by atoms with Crippen molar-refractivity contribution in [2.45, 2.75) is 13.5 Å². The first-order valence-electron chi connectivity index (χ1n) is 10.5. The summed E-state index contributed by atoms with van der Waals surface area (Å²) in [7, 11) is 0. The average Bonchev–Trinajstić information content (AvgIpc) is 3.08. The van der Waals surface area contributed by atoms with E-state index in [0.29, 0.717) is 32.5 Å². The Bertz CT molecular complexity index is 1270. The van der Waals surface area contributed by atoms with Crippen LogP contribution >= 0.6 is 23.4 Å². The molecule has 3 aromatic carbocycles. The van der Waals surface area contributed by atoms with E-state index >= 15 is 0 Å². The lowest BCUT2D eigenvalue weighted by Gasteiger charge is -2.13. The molecule has 0 aliphatic carbocycles. The highest BCUT2D eigenvalue weighted by atomic mass is 35.5. The third-order valence-corrected chi connectivity index (χ3v) is 6.30. The van der Waals surface area contributed by atoms with Crippen molar-refractivity contribution in [3.63, 3.8) is 0 Å². The number of hydrogen-bond acceptors (Lipinski definition) is 5. The highest BCUT2D eigenvalue weighted by Crippen LogP contribution is 2.34. The molecule has 1 aliphatic rings. The molecule has 1 aliphatic heterocycles. The van der Waals surface area contributed by atoms with Crippen molar-refractivity contribution in [2.24, 2.45) is 0 Å². The summed E-state index contributed by atoms with van der Waals surface area (Å²) < 4.78 is 5.61. The minimum Gasteiger partial charge on any atom is -0.484 e. The fourth-order valence-electron chi connectivity index (χ4n) is 3.26. The zero-order chi connectivity index (χ0) is 24.1. The number of halogens is 1. The van der Waals surface area contributed by atoms with Crippen LogP contribution in [0.4, 0.5) is 10.5 Å². The smallest absolute Gasteiger partial charge is 0.293 e. The molecule has 0 bridgehead atoms. The largest absolute Gasteiger partial charge is 0.484 e. The van der Waals surface area contributed by atoms with Crippen LogP contribution < -0.4 is 10.1 Å². The lowest BCUT2D eigenvalue weighted by Crippen LogP contribution is -2.27. The van der Waals surface area contributed by atoms with Gasteiger partial charge < -0.3 is 10.1 Å². The summed E-state index contributed by atoms with van der Waals surface area (Å²) in [5.41, 5.74) is 3.18. The van der Waals surface area contributed by atoms with Crippen LogP contribution in [-0.4, -0.2) is 28.6 Å². The molecule has 0 spiro atoms. The molecule has 172 valence electrons. The van der Waals surface area contributed by atoms with Gasteiger partial charge in [0.25, 0.3) is 17.1 Å². The fraction of sp³-hybridized carbons (Fsp3) is 0.115. The number of hydrogen-bond donors (Lipinski definition) is 1. The molecule has 0 radical (unpaired) electrons. The predicted molar refractivity (Wildman–Crippen MR) is 135 cm³/mol. The maximum absolute atomic E-state index is 12.8. The molecule has 0 unspecified atom stereocenters. The molecule has 3 aromatic rings. The molecule has 1 fully saturated rings. The standard InChI is InChI=1S/C26H21ClN2O4S/c1-17-9-11-20(12-10-17)28-24(30)16-33-21-7-4-5-18(13-21)14-23-25(31)29(26(32)34-23)15-19-6-2-3-8-22(19)27/h2-14H,15-16H2,1H3,(H,28,30)/b23-14-. The van der Waals surface area contributed by atoms with Gasteiger partial charge >= 0.3 is 0 Å². The first-order valence-corrected chi connectivity index (χ1v) is 11.7. The number of aryl methyl sites for hydroxylation is 1. The van der Waals surface area contributed by atoms with Gasteiger partial charge in [0.1, 0.15) is 5.75 Å². The van der Waals surface area contributed by atoms with E-state index in [4.69, 9.17) is 16.3 Å². The number of rotatable bonds is 7. The predicted octanol–water partition coefficient (Wildman–Crippen LogP) is 5.90. The van der Waals surface area contributed by atoms with Gasteiger partial charge in [0, 0.05) is 10.7 Å². The first kappa shape index (κ1) is 23.6. The number of carbonyl (C=O) groups excluding carboxylic acids is 3. The van der Waals surface area contributed by atoms with E-state index in [1.165, 1.54) is 4.90 Å². The lowest BCUT2D eigenvalue weighted by atomic mass is 10.2. The average molecular weight is 493 g/mol. The van der Waals surface area contributed by atoms with Crippen LogP contribution in [0.15, 0.2) is 77.7 Å². The molecule has 3 amide bonds. The second kappa shape index (κ2) is 10.6. The summed E-state index contributed by atoms with van der Waals surface area (Å²) in [6, 6.07) is 21.6. The summed E-state index contributed by atoms with van der Waals surface area (Å²) >= 11 is 7.05. The number of carbonyl (C=O) groups is 3. The van der Waals surface area contributed by atoms with Crippen LogP contribution in [0.25, 0.3) is 6.08 Å². The maximum Gasteiger partial charge on any atom is 0.293 e. The Morgan fingerprint density at radius 1 is 1.06 bits per heavy atom. The number of ether oxygens (including phenoxy) is 1. The number of nitrogens with zero attached hydrogens (tertiary/aromatic N) is 1. The number of thioether (sulfide) groups is 1. The van der Waals surface area contributed by atoms with Crippen LogP contribution in [0, 0.1) is 6.92 Å². The van der Waals surface area contributed by atoms with Gasteiger partial charge in [-0.15, -0.1) is 0 Å². The van der Waals surface area contributed by atoms with Crippen molar-refractivity contribution in [2.75, 3.05) is 11.9 Å². The van der Waals surface area contributed by atoms with Gasteiger partial charge in [0.05, 0.1) is 11.4 Å². The van der Waals surface area contributed by atoms with E-state index in [1.807, 2.05) is 37.3 Å². The number of imide groups is 1. The third-order valence-electron chi connectivity index (χ3n) is 5.02. The monoisotopic (exact) mass is 492 g/mol. The highest BCUT2D eigenvalue weighted by Gasteiger charge is 2.35. The molecule has 6 nitrogen and oxygen atoms in total. The molecule has 1 heterocycles. The zero-order valence-electron chi connectivity index (χ0n) is 18.3. The van der Waals surface area contributed by atoms with Crippen LogP contribution in [0.3, 0.4) is 0 Å². The maximum atomic E-state index is 12.8. The van der Waals surface area contributed by atoms with E-state index in [0.717, 1.165) is 17.3 Å². The summed E-state index contributed by atoms with van der Waals surface area (Å²) in [4.78, 5) is 38.9. The molecule has 1 N–H and O–H groups in total. The quantitative estimate of drug-likeness (QED) is 0.415. The molecular weight excluding hydrogens is 472 g/mol. The van der Waals surface area contributed by atoms with Crippen LogP contribution in [0.5, 0.6) is 5.75 Å². The molecule has 0 aromatic heterocycles. The minimum atomic E-state index is -0.376. The zero-order valence-corrected chi connectivity index (χ0v) is 19.9. The molecule has 0 atom stereocenters. The normalized spacial score (nSPS) is 14.5. The summed E-state index contributed by atoms with van der Waals surface area (Å²) in [5.74, 6) is -0.184. The van der Waals surface area contributed by atoms with Crippen LogP contribution in [0.2, 0.25) is 5.02 Å². The molecule has 34 heavy (non-hydrogen) atoms. The van der Waals surface area contributed by atoms with E-state index < -0.39 is 0 Å².